The normalized spacial score (nSPS) is 11.0. The van der Waals surface area contributed by atoms with Crippen LogP contribution in [0.2, 0.25) is 0 Å². The molecule has 4 aromatic rings. The second-order valence-electron chi connectivity index (χ2n) is 7.44. The van der Waals surface area contributed by atoms with Gasteiger partial charge in [-0.1, -0.05) is 36.4 Å². The summed E-state index contributed by atoms with van der Waals surface area (Å²) in [5.74, 6) is -0.756. The summed E-state index contributed by atoms with van der Waals surface area (Å²) in [7, 11) is 0. The number of hydrogen-bond donors (Lipinski definition) is 2. The monoisotopic (exact) mass is 473 g/mol. The molecule has 0 saturated carbocycles. The highest BCUT2D eigenvalue weighted by atomic mass is 16.6. The number of carbonyl (C=O) groups is 1. The molecule has 0 saturated heterocycles. The van der Waals surface area contributed by atoms with Crippen molar-refractivity contribution in [2.75, 3.05) is 11.9 Å². The number of nitrogens with one attached hydrogen (secondary N) is 2. The van der Waals surface area contributed by atoms with Crippen LogP contribution in [0.4, 0.5) is 11.4 Å². The molecule has 0 bridgehead atoms. The Kier molecular flexibility index (Phi) is 6.49. The van der Waals surface area contributed by atoms with Crippen molar-refractivity contribution in [2.45, 2.75) is 6.92 Å². The molecule has 0 aliphatic carbocycles. The molecule has 2 N–H and O–H groups in total. The fraction of sp³-hybridized carbons (Fsp3) is 0.0833. The lowest BCUT2D eigenvalue weighted by Gasteiger charge is -2.11. The summed E-state index contributed by atoms with van der Waals surface area (Å²) < 4.78 is 6.11. The number of aromatic nitrogens is 2. The van der Waals surface area contributed by atoms with Crippen LogP contribution in [0, 0.1) is 17.0 Å². The van der Waals surface area contributed by atoms with Crippen LogP contribution >= 0.6 is 0 Å². The highest BCUT2D eigenvalue weighted by molar-refractivity contribution is 5.93. The summed E-state index contributed by atoms with van der Waals surface area (Å²) in [5.41, 5.74) is 0.0278. The van der Waals surface area contributed by atoms with Gasteiger partial charge in [0.2, 0.25) is 5.75 Å². The van der Waals surface area contributed by atoms with Crippen molar-refractivity contribution in [1.82, 2.24) is 9.66 Å². The van der Waals surface area contributed by atoms with Crippen LogP contribution in [-0.2, 0) is 4.79 Å². The Balaban J connectivity index is 1.64. The average Bonchev–Trinajstić information content (AvgIpc) is 2.84. The topological polar surface area (TPSA) is 149 Å². The summed E-state index contributed by atoms with van der Waals surface area (Å²) in [4.78, 5) is 50.9. The zero-order chi connectivity index (χ0) is 24.9. The predicted molar refractivity (Wildman–Crippen MR) is 130 cm³/mol. The maximum atomic E-state index is 12.7. The summed E-state index contributed by atoms with van der Waals surface area (Å²) in [6, 6.07) is 17.6. The lowest BCUT2D eigenvalue weighted by Crippen LogP contribution is -2.32. The van der Waals surface area contributed by atoms with Crippen LogP contribution in [0.3, 0.4) is 0 Å². The molecule has 0 atom stereocenters. The Morgan fingerprint density at radius 2 is 1.86 bits per heavy atom. The number of fused-ring (bicyclic) bond motifs is 1. The van der Waals surface area contributed by atoms with Gasteiger partial charge in [-0.3, -0.25) is 19.7 Å². The Bertz CT molecular complexity index is 1590. The minimum atomic E-state index is -0.782. The van der Waals surface area contributed by atoms with E-state index >= 15 is 0 Å². The summed E-state index contributed by atoms with van der Waals surface area (Å²) in [6.07, 6.45) is 1.09. The Morgan fingerprint density at radius 3 is 2.63 bits per heavy atom. The number of nitro benzene ring substituents is 1. The highest BCUT2D eigenvalue weighted by Gasteiger charge is 2.20. The van der Waals surface area contributed by atoms with Crippen molar-refractivity contribution in [3.63, 3.8) is 0 Å². The van der Waals surface area contributed by atoms with E-state index in [4.69, 9.17) is 4.74 Å². The highest BCUT2D eigenvalue weighted by Crippen LogP contribution is 2.30. The Labute approximate surface area is 197 Å². The number of para-hydroxylation sites is 3. The number of carbonyl (C=O) groups excluding carboxylic acids is 1. The first kappa shape index (κ1) is 23.1. The molecule has 3 aromatic carbocycles. The van der Waals surface area contributed by atoms with E-state index in [1.807, 2.05) is 19.1 Å². The second kappa shape index (κ2) is 9.83. The van der Waals surface area contributed by atoms with E-state index in [1.165, 1.54) is 24.3 Å². The molecule has 35 heavy (non-hydrogen) atoms. The van der Waals surface area contributed by atoms with Crippen molar-refractivity contribution < 1.29 is 14.5 Å². The third-order valence-electron chi connectivity index (χ3n) is 5.08. The van der Waals surface area contributed by atoms with Crippen LogP contribution in [0.15, 0.2) is 81.4 Å². The SMILES string of the molecule is Cc1ccccc1NC(=O)COc1c(C=Nn2c(=O)[nH]c3ccccc3c2=O)cccc1[N+](=O)[O-]. The van der Waals surface area contributed by atoms with E-state index in [2.05, 4.69) is 15.4 Å². The lowest BCUT2D eigenvalue weighted by molar-refractivity contribution is -0.385. The van der Waals surface area contributed by atoms with E-state index in [1.54, 1.807) is 30.3 Å². The van der Waals surface area contributed by atoms with E-state index in [-0.39, 0.29) is 16.7 Å². The number of H-pyrrole nitrogens is 1. The number of aryl methyl sites for hydroxylation is 1. The Hall–Kier alpha value is -5.06. The average molecular weight is 473 g/mol. The largest absolute Gasteiger partial charge is 0.476 e. The number of nitro groups is 1. The van der Waals surface area contributed by atoms with Crippen molar-refractivity contribution in [1.29, 1.82) is 0 Å². The van der Waals surface area contributed by atoms with Crippen molar-refractivity contribution >= 4 is 34.4 Å². The molecule has 1 heterocycles. The van der Waals surface area contributed by atoms with E-state index in [9.17, 15) is 24.5 Å². The van der Waals surface area contributed by atoms with Gasteiger partial charge in [-0.25, -0.2) is 4.79 Å². The van der Waals surface area contributed by atoms with Gasteiger partial charge in [-0.15, -0.1) is 4.68 Å². The molecule has 11 nitrogen and oxygen atoms in total. The van der Waals surface area contributed by atoms with Gasteiger partial charge in [0.1, 0.15) is 0 Å². The minimum absolute atomic E-state index is 0.0994. The Morgan fingerprint density at radius 1 is 1.11 bits per heavy atom. The first-order valence-corrected chi connectivity index (χ1v) is 10.4. The number of amides is 1. The van der Waals surface area contributed by atoms with E-state index in [0.717, 1.165) is 11.8 Å². The third kappa shape index (κ3) is 4.98. The van der Waals surface area contributed by atoms with Gasteiger partial charge in [0, 0.05) is 17.3 Å². The van der Waals surface area contributed by atoms with Gasteiger partial charge >= 0.3 is 11.4 Å². The molecule has 11 heteroatoms. The molecule has 0 aliphatic heterocycles. The van der Waals surface area contributed by atoms with Gasteiger partial charge in [-0.2, -0.15) is 5.10 Å². The van der Waals surface area contributed by atoms with Crippen molar-refractivity contribution in [3.05, 3.63) is 109 Å². The van der Waals surface area contributed by atoms with Crippen LogP contribution in [0.1, 0.15) is 11.1 Å². The number of anilines is 1. The number of benzene rings is 3. The fourth-order valence-electron chi connectivity index (χ4n) is 3.36. The minimum Gasteiger partial charge on any atom is -0.476 e. The maximum Gasteiger partial charge on any atom is 0.349 e. The lowest BCUT2D eigenvalue weighted by atomic mass is 10.2. The second-order valence-corrected chi connectivity index (χ2v) is 7.44. The zero-order valence-electron chi connectivity index (χ0n) is 18.4. The molecule has 0 radical (unpaired) electrons. The number of hydrogen-bond acceptors (Lipinski definition) is 7. The molecular formula is C24H19N5O6. The molecule has 176 valence electrons. The predicted octanol–water partition coefficient (Wildman–Crippen LogP) is 2.81. The van der Waals surface area contributed by atoms with Crippen molar-refractivity contribution in [3.8, 4) is 5.75 Å². The molecule has 0 unspecified atom stereocenters. The molecule has 0 fully saturated rings. The summed E-state index contributed by atoms with van der Waals surface area (Å²) in [5, 5.41) is 18.4. The van der Waals surface area contributed by atoms with Gasteiger partial charge in [0.15, 0.2) is 6.61 Å². The van der Waals surface area contributed by atoms with Gasteiger partial charge in [-0.05, 0) is 36.8 Å². The van der Waals surface area contributed by atoms with Gasteiger partial charge in [0.25, 0.3) is 11.5 Å². The number of ether oxygens (including phenoxy) is 1. The van der Waals surface area contributed by atoms with E-state index in [0.29, 0.717) is 15.9 Å². The molecular weight excluding hydrogens is 454 g/mol. The third-order valence-corrected chi connectivity index (χ3v) is 5.08. The number of rotatable bonds is 7. The molecule has 1 aromatic heterocycles. The van der Waals surface area contributed by atoms with Gasteiger partial charge in [0.05, 0.1) is 22.0 Å². The van der Waals surface area contributed by atoms with Gasteiger partial charge < -0.3 is 15.0 Å². The molecule has 0 spiro atoms. The first-order chi connectivity index (χ1) is 16.8. The summed E-state index contributed by atoms with van der Waals surface area (Å²) >= 11 is 0. The summed E-state index contributed by atoms with van der Waals surface area (Å²) in [6.45, 7) is 1.31. The quantitative estimate of drug-likeness (QED) is 0.239. The first-order valence-electron chi connectivity index (χ1n) is 10.4. The molecule has 0 aliphatic rings. The standard InChI is InChI=1S/C24H19N5O6/c1-15-7-2-4-10-18(15)26-21(30)14-35-22-16(8-6-12-20(22)29(33)34)13-25-28-23(31)17-9-3-5-11-19(17)27-24(28)32/h2-13H,14H2,1H3,(H,26,30)(H,27,32). The van der Waals surface area contributed by atoms with Crippen LogP contribution in [0.5, 0.6) is 5.75 Å². The zero-order valence-corrected chi connectivity index (χ0v) is 18.4. The maximum absolute atomic E-state index is 12.7. The van der Waals surface area contributed by atoms with Crippen molar-refractivity contribution in [2.24, 2.45) is 5.10 Å². The number of nitrogens with zero attached hydrogens (tertiary/aromatic N) is 3. The van der Waals surface area contributed by atoms with E-state index < -0.39 is 34.4 Å². The fourth-order valence-corrected chi connectivity index (χ4v) is 3.36. The van der Waals surface area contributed by atoms with Crippen LogP contribution < -0.4 is 21.3 Å². The molecule has 4 rings (SSSR count). The van der Waals surface area contributed by atoms with Crippen LogP contribution in [-0.4, -0.2) is 33.3 Å². The molecule has 1 amide bonds. The number of aromatic amines is 1. The van der Waals surface area contributed by atoms with Crippen LogP contribution in [0.25, 0.3) is 10.9 Å². The smallest absolute Gasteiger partial charge is 0.349 e.